The van der Waals surface area contributed by atoms with Gasteiger partial charge in [-0.3, -0.25) is 9.59 Å². The molecule has 1 heterocycles. The first kappa shape index (κ1) is 11.0. The second-order valence-electron chi connectivity index (χ2n) is 2.98. The molecule has 1 unspecified atom stereocenters. The fourth-order valence-corrected chi connectivity index (χ4v) is 0.906. The van der Waals surface area contributed by atoms with Crippen LogP contribution in [0.1, 0.15) is 17.3 Å². The molecule has 1 rings (SSSR count). The lowest BCUT2D eigenvalue weighted by molar-refractivity contribution is -0.605. The lowest BCUT2D eigenvalue weighted by Crippen LogP contribution is -2.38. The average molecular weight is 210 g/mol. The molecular weight excluding hydrogens is 200 g/mol. The molecule has 80 valence electrons. The summed E-state index contributed by atoms with van der Waals surface area (Å²) in [4.78, 5) is 21.8. The first-order valence-corrected chi connectivity index (χ1v) is 4.23. The van der Waals surface area contributed by atoms with Crippen molar-refractivity contribution in [1.29, 1.82) is 0 Å². The maximum absolute atomic E-state index is 11.4. The van der Waals surface area contributed by atoms with Crippen molar-refractivity contribution in [2.45, 2.75) is 13.0 Å². The number of rotatable bonds is 3. The summed E-state index contributed by atoms with van der Waals surface area (Å²) in [6.45, 7) is 1.36. The van der Waals surface area contributed by atoms with Crippen LogP contribution in [0.15, 0.2) is 24.5 Å². The number of carbonyl (C=O) groups excluding carboxylic acids is 1. The number of carbonyl (C=O) groups is 2. The predicted molar refractivity (Wildman–Crippen MR) is 50.0 cm³/mol. The Morgan fingerprint density at radius 3 is 2.47 bits per heavy atom. The van der Waals surface area contributed by atoms with Gasteiger partial charge in [-0.25, -0.2) is 0 Å². The van der Waals surface area contributed by atoms with Crippen molar-refractivity contribution in [2.75, 3.05) is 0 Å². The molecule has 0 fully saturated rings. The Bertz CT molecular complexity index is 374. The molecule has 0 saturated heterocycles. The highest BCUT2D eigenvalue weighted by molar-refractivity contribution is 5.96. The van der Waals surface area contributed by atoms with Crippen molar-refractivity contribution < 1.29 is 19.4 Å². The minimum absolute atomic E-state index is 0.246. The molecule has 1 aromatic rings. The Labute approximate surface area is 85.7 Å². The summed E-state index contributed by atoms with van der Waals surface area (Å²) in [5.74, 6) is -1.64. The summed E-state index contributed by atoms with van der Waals surface area (Å²) in [6, 6.07) is 1.67. The molecule has 1 amide bonds. The molecule has 0 saturated carbocycles. The molecule has 0 bridgehead atoms. The standard InChI is InChI=1S/C9H10N2O4/c1-6(9(13)14)10-8(12)7-2-4-11(15)5-3-7/h2-6H,1H3,(H,10,12)(H,13,14). The van der Waals surface area contributed by atoms with Crippen LogP contribution < -0.4 is 10.0 Å². The molecule has 2 N–H and O–H groups in total. The second-order valence-corrected chi connectivity index (χ2v) is 2.98. The SMILES string of the molecule is CC(NC(=O)c1cc[n+]([O-])cc1)C(=O)O. The molecule has 0 radical (unpaired) electrons. The highest BCUT2D eigenvalue weighted by Crippen LogP contribution is 1.95. The topological polar surface area (TPSA) is 93.3 Å². The van der Waals surface area contributed by atoms with E-state index in [4.69, 9.17) is 5.11 Å². The van der Waals surface area contributed by atoms with Gasteiger partial charge in [0.2, 0.25) is 0 Å². The van der Waals surface area contributed by atoms with Gasteiger partial charge in [0, 0.05) is 12.1 Å². The van der Waals surface area contributed by atoms with Gasteiger partial charge in [0.05, 0.1) is 5.56 Å². The van der Waals surface area contributed by atoms with Gasteiger partial charge in [-0.2, -0.15) is 4.73 Å². The van der Waals surface area contributed by atoms with Crippen LogP contribution in [-0.4, -0.2) is 23.0 Å². The van der Waals surface area contributed by atoms with Crippen LogP contribution in [0, 0.1) is 5.21 Å². The second kappa shape index (κ2) is 4.41. The Morgan fingerprint density at radius 1 is 1.47 bits per heavy atom. The molecule has 0 spiro atoms. The van der Waals surface area contributed by atoms with E-state index in [0.29, 0.717) is 4.73 Å². The van der Waals surface area contributed by atoms with Crippen LogP contribution in [0.5, 0.6) is 0 Å². The summed E-state index contributed by atoms with van der Waals surface area (Å²) in [6.07, 6.45) is 2.33. The molecule has 1 atom stereocenters. The maximum Gasteiger partial charge on any atom is 0.325 e. The zero-order valence-electron chi connectivity index (χ0n) is 8.01. The molecule has 15 heavy (non-hydrogen) atoms. The molecule has 0 aliphatic heterocycles. The predicted octanol–water partition coefficient (Wildman–Crippen LogP) is -0.477. The van der Waals surface area contributed by atoms with Gasteiger partial charge in [0.25, 0.3) is 5.91 Å². The zero-order chi connectivity index (χ0) is 11.4. The number of pyridine rings is 1. The number of nitrogens with zero attached hydrogens (tertiary/aromatic N) is 1. The minimum atomic E-state index is -1.11. The smallest absolute Gasteiger partial charge is 0.325 e. The molecule has 1 aromatic heterocycles. The van der Waals surface area contributed by atoms with E-state index in [-0.39, 0.29) is 5.56 Å². The third-order valence-corrected chi connectivity index (χ3v) is 1.78. The van der Waals surface area contributed by atoms with Crippen molar-refractivity contribution >= 4 is 11.9 Å². The first-order valence-electron chi connectivity index (χ1n) is 4.23. The van der Waals surface area contributed by atoms with Crippen molar-refractivity contribution in [3.63, 3.8) is 0 Å². The van der Waals surface area contributed by atoms with Crippen molar-refractivity contribution in [3.05, 3.63) is 35.3 Å². The quantitative estimate of drug-likeness (QED) is 0.520. The van der Waals surface area contributed by atoms with E-state index in [1.807, 2.05) is 0 Å². The number of carboxylic acid groups (broad SMARTS) is 1. The number of hydrogen-bond donors (Lipinski definition) is 2. The van der Waals surface area contributed by atoms with Gasteiger partial charge in [0.1, 0.15) is 6.04 Å². The lowest BCUT2D eigenvalue weighted by Gasteiger charge is -2.08. The largest absolute Gasteiger partial charge is 0.619 e. The van der Waals surface area contributed by atoms with Gasteiger partial charge in [-0.1, -0.05) is 0 Å². The summed E-state index contributed by atoms with van der Waals surface area (Å²) >= 11 is 0. The van der Waals surface area contributed by atoms with E-state index in [0.717, 1.165) is 0 Å². The van der Waals surface area contributed by atoms with Crippen LogP contribution in [0.25, 0.3) is 0 Å². The van der Waals surface area contributed by atoms with Crippen molar-refractivity contribution in [3.8, 4) is 0 Å². The number of nitrogens with one attached hydrogen (secondary N) is 1. The number of amides is 1. The van der Waals surface area contributed by atoms with E-state index in [1.165, 1.54) is 31.5 Å². The van der Waals surface area contributed by atoms with E-state index < -0.39 is 17.9 Å². The maximum atomic E-state index is 11.4. The fourth-order valence-electron chi connectivity index (χ4n) is 0.906. The van der Waals surface area contributed by atoms with E-state index in [9.17, 15) is 14.8 Å². The van der Waals surface area contributed by atoms with Gasteiger partial charge in [0.15, 0.2) is 12.4 Å². The van der Waals surface area contributed by atoms with Gasteiger partial charge < -0.3 is 15.6 Å². The molecular formula is C9H10N2O4. The molecule has 0 aliphatic carbocycles. The van der Waals surface area contributed by atoms with Gasteiger partial charge in [-0.05, 0) is 6.92 Å². The van der Waals surface area contributed by atoms with Crippen LogP contribution >= 0.6 is 0 Å². The van der Waals surface area contributed by atoms with E-state index in [1.54, 1.807) is 0 Å². The Hall–Kier alpha value is -2.11. The summed E-state index contributed by atoms with van der Waals surface area (Å²) < 4.78 is 0.539. The number of carboxylic acids is 1. The third-order valence-electron chi connectivity index (χ3n) is 1.78. The highest BCUT2D eigenvalue weighted by atomic mass is 16.5. The minimum Gasteiger partial charge on any atom is -0.619 e. The summed E-state index contributed by atoms with van der Waals surface area (Å²) in [5, 5.41) is 21.5. The lowest BCUT2D eigenvalue weighted by atomic mass is 10.2. The Morgan fingerprint density at radius 2 is 2.00 bits per heavy atom. The molecule has 6 nitrogen and oxygen atoms in total. The van der Waals surface area contributed by atoms with Crippen LogP contribution in [-0.2, 0) is 4.79 Å². The first-order chi connectivity index (χ1) is 7.00. The van der Waals surface area contributed by atoms with E-state index >= 15 is 0 Å². The molecule has 0 aliphatic rings. The molecule has 0 aromatic carbocycles. The van der Waals surface area contributed by atoms with Gasteiger partial charge in [-0.15, -0.1) is 0 Å². The number of hydrogen-bond acceptors (Lipinski definition) is 3. The number of aromatic nitrogens is 1. The number of aliphatic carboxylic acids is 1. The third kappa shape index (κ3) is 2.94. The van der Waals surface area contributed by atoms with Crippen LogP contribution in [0.3, 0.4) is 0 Å². The van der Waals surface area contributed by atoms with Crippen molar-refractivity contribution in [1.82, 2.24) is 5.32 Å². The average Bonchev–Trinajstić information content (AvgIpc) is 2.18. The highest BCUT2D eigenvalue weighted by Gasteiger charge is 2.15. The normalized spacial score (nSPS) is 11.8. The molecule has 6 heteroatoms. The summed E-state index contributed by atoms with van der Waals surface area (Å²) in [5.41, 5.74) is 0.246. The Balaban J connectivity index is 2.69. The van der Waals surface area contributed by atoms with Crippen molar-refractivity contribution in [2.24, 2.45) is 0 Å². The van der Waals surface area contributed by atoms with E-state index in [2.05, 4.69) is 5.32 Å². The van der Waals surface area contributed by atoms with Gasteiger partial charge >= 0.3 is 5.97 Å². The monoisotopic (exact) mass is 210 g/mol. The summed E-state index contributed by atoms with van der Waals surface area (Å²) in [7, 11) is 0. The van der Waals surface area contributed by atoms with Crippen LogP contribution in [0.2, 0.25) is 0 Å². The zero-order valence-corrected chi connectivity index (χ0v) is 8.01. The Kier molecular flexibility index (Phi) is 3.22. The van der Waals surface area contributed by atoms with Crippen LogP contribution in [0.4, 0.5) is 0 Å². The fraction of sp³-hybridized carbons (Fsp3) is 0.222.